The number of hydrogen-bond donors (Lipinski definition) is 3. The van der Waals surface area contributed by atoms with E-state index in [-0.39, 0.29) is 28.8 Å². The van der Waals surface area contributed by atoms with Crippen molar-refractivity contribution in [2.75, 3.05) is 24.7 Å². The molecule has 0 aliphatic heterocycles. The van der Waals surface area contributed by atoms with Gasteiger partial charge in [-0.2, -0.15) is 0 Å². The van der Waals surface area contributed by atoms with Gasteiger partial charge in [0.25, 0.3) is 0 Å². The Morgan fingerprint density at radius 1 is 1.37 bits per heavy atom. The quantitative estimate of drug-likeness (QED) is 0.529. The van der Waals surface area contributed by atoms with Gasteiger partial charge in [0.2, 0.25) is 5.91 Å². The van der Waals surface area contributed by atoms with E-state index in [1.54, 1.807) is 0 Å². The average molecular weight is 286 g/mol. The summed E-state index contributed by atoms with van der Waals surface area (Å²) in [5.41, 5.74) is 0.0891. The zero-order valence-electron chi connectivity index (χ0n) is 10.9. The van der Waals surface area contributed by atoms with Gasteiger partial charge in [0, 0.05) is 6.26 Å². The van der Waals surface area contributed by atoms with Crippen LogP contribution in [0.1, 0.15) is 13.3 Å². The highest BCUT2D eigenvalue weighted by molar-refractivity contribution is 7.90. The Morgan fingerprint density at radius 2 is 2.05 bits per heavy atom. The molecule has 0 spiro atoms. The minimum absolute atomic E-state index is 0.0436. The third-order valence-electron chi connectivity index (χ3n) is 2.38. The molecule has 0 saturated carbocycles. The maximum Gasteiger partial charge on any atom is 0.238 e. The van der Waals surface area contributed by atoms with Crippen molar-refractivity contribution < 1.29 is 18.3 Å². The molecule has 0 atom stereocenters. The molecule has 6 nitrogen and oxygen atoms in total. The molecule has 0 radical (unpaired) electrons. The van der Waals surface area contributed by atoms with Gasteiger partial charge in [-0.25, -0.2) is 8.42 Å². The van der Waals surface area contributed by atoms with Gasteiger partial charge in [0.15, 0.2) is 9.84 Å². The maximum atomic E-state index is 11.6. The van der Waals surface area contributed by atoms with E-state index in [0.29, 0.717) is 6.54 Å². The smallest absolute Gasteiger partial charge is 0.238 e. The zero-order chi connectivity index (χ0) is 14.5. The fraction of sp³-hybridized carbons (Fsp3) is 0.417. The Labute approximate surface area is 112 Å². The molecule has 1 aromatic rings. The van der Waals surface area contributed by atoms with Crippen molar-refractivity contribution in [3.8, 4) is 5.75 Å². The molecule has 0 aliphatic carbocycles. The number of carbonyl (C=O) groups excluding carboxylic acids is 1. The number of benzene rings is 1. The second kappa shape index (κ2) is 6.53. The van der Waals surface area contributed by atoms with Crippen molar-refractivity contribution in [1.29, 1.82) is 0 Å². The van der Waals surface area contributed by atoms with E-state index in [9.17, 15) is 18.3 Å². The Balaban J connectivity index is 2.80. The molecule has 1 aromatic carbocycles. The maximum absolute atomic E-state index is 11.6. The largest absolute Gasteiger partial charge is 0.506 e. The summed E-state index contributed by atoms with van der Waals surface area (Å²) >= 11 is 0. The van der Waals surface area contributed by atoms with Crippen LogP contribution in [0.5, 0.6) is 5.75 Å². The molecule has 0 aromatic heterocycles. The van der Waals surface area contributed by atoms with Crippen LogP contribution < -0.4 is 10.6 Å². The molecule has 0 unspecified atom stereocenters. The number of phenolic OH excluding ortho intramolecular Hbond substituents is 1. The third-order valence-corrected chi connectivity index (χ3v) is 3.49. The predicted molar refractivity (Wildman–Crippen MR) is 73.0 cm³/mol. The monoisotopic (exact) mass is 286 g/mol. The lowest BCUT2D eigenvalue weighted by Gasteiger charge is -2.09. The molecule has 0 bridgehead atoms. The van der Waals surface area contributed by atoms with Gasteiger partial charge in [-0.3, -0.25) is 4.79 Å². The Kier molecular flexibility index (Phi) is 5.31. The summed E-state index contributed by atoms with van der Waals surface area (Å²) in [7, 11) is -3.38. The molecule has 1 amide bonds. The third kappa shape index (κ3) is 4.88. The van der Waals surface area contributed by atoms with Gasteiger partial charge in [0.1, 0.15) is 5.75 Å². The van der Waals surface area contributed by atoms with Crippen molar-refractivity contribution in [3.05, 3.63) is 18.2 Å². The van der Waals surface area contributed by atoms with E-state index < -0.39 is 9.84 Å². The van der Waals surface area contributed by atoms with Crippen LogP contribution in [0.25, 0.3) is 0 Å². The predicted octanol–water partition coefficient (Wildman–Crippen LogP) is 0.734. The molecule has 3 N–H and O–H groups in total. The molecule has 7 heteroatoms. The lowest BCUT2D eigenvalue weighted by molar-refractivity contribution is -0.115. The SMILES string of the molecule is CCCNCC(=O)Nc1cc(S(C)(=O)=O)ccc1O. The number of hydrogen-bond acceptors (Lipinski definition) is 5. The van der Waals surface area contributed by atoms with Crippen LogP contribution in [-0.4, -0.2) is 38.8 Å². The number of nitrogens with one attached hydrogen (secondary N) is 2. The topological polar surface area (TPSA) is 95.5 Å². The summed E-state index contributed by atoms with van der Waals surface area (Å²) in [6.45, 7) is 2.80. The van der Waals surface area contributed by atoms with E-state index in [2.05, 4.69) is 10.6 Å². The van der Waals surface area contributed by atoms with Crippen LogP contribution in [0.4, 0.5) is 5.69 Å². The molecule has 0 heterocycles. The Bertz CT molecular complexity index is 555. The first kappa shape index (κ1) is 15.5. The van der Waals surface area contributed by atoms with Crippen LogP contribution in [0.15, 0.2) is 23.1 Å². The highest BCUT2D eigenvalue weighted by atomic mass is 32.2. The van der Waals surface area contributed by atoms with Crippen LogP contribution in [-0.2, 0) is 14.6 Å². The molecule has 1 rings (SSSR count). The van der Waals surface area contributed by atoms with Crippen molar-refractivity contribution in [3.63, 3.8) is 0 Å². The first-order chi connectivity index (χ1) is 8.84. The second-order valence-corrected chi connectivity index (χ2v) is 6.19. The van der Waals surface area contributed by atoms with Crippen molar-refractivity contribution in [2.45, 2.75) is 18.2 Å². The summed E-state index contributed by atoms with van der Waals surface area (Å²) in [6, 6.07) is 3.77. The first-order valence-electron chi connectivity index (χ1n) is 5.88. The number of rotatable bonds is 6. The number of carbonyl (C=O) groups is 1. The molecular formula is C12H18N2O4S. The van der Waals surface area contributed by atoms with Gasteiger partial charge in [-0.15, -0.1) is 0 Å². The summed E-state index contributed by atoms with van der Waals surface area (Å²) < 4.78 is 22.8. The number of aromatic hydroxyl groups is 1. The van der Waals surface area contributed by atoms with Gasteiger partial charge in [-0.05, 0) is 31.2 Å². The van der Waals surface area contributed by atoms with Crippen molar-refractivity contribution >= 4 is 21.4 Å². The lowest BCUT2D eigenvalue weighted by atomic mass is 10.3. The van der Waals surface area contributed by atoms with E-state index in [1.807, 2.05) is 6.92 Å². The summed E-state index contributed by atoms with van der Waals surface area (Å²) in [5, 5.41) is 15.0. The first-order valence-corrected chi connectivity index (χ1v) is 7.77. The minimum Gasteiger partial charge on any atom is -0.506 e. The number of anilines is 1. The van der Waals surface area contributed by atoms with Gasteiger partial charge < -0.3 is 15.7 Å². The van der Waals surface area contributed by atoms with Crippen LogP contribution in [0.3, 0.4) is 0 Å². The Hall–Kier alpha value is -1.60. The van der Waals surface area contributed by atoms with Crippen LogP contribution in [0, 0.1) is 0 Å². The van der Waals surface area contributed by atoms with E-state index in [1.165, 1.54) is 18.2 Å². The van der Waals surface area contributed by atoms with E-state index in [0.717, 1.165) is 12.7 Å². The molecule has 106 valence electrons. The molecule has 0 fully saturated rings. The summed E-state index contributed by atoms with van der Waals surface area (Å²) in [6.07, 6.45) is 1.97. The summed E-state index contributed by atoms with van der Waals surface area (Å²) in [5.74, 6) is -0.509. The normalized spacial score (nSPS) is 11.3. The van der Waals surface area contributed by atoms with E-state index >= 15 is 0 Å². The molecule has 19 heavy (non-hydrogen) atoms. The lowest BCUT2D eigenvalue weighted by Crippen LogP contribution is -2.28. The Morgan fingerprint density at radius 3 is 2.63 bits per heavy atom. The van der Waals surface area contributed by atoms with Crippen LogP contribution in [0.2, 0.25) is 0 Å². The fourth-order valence-corrected chi connectivity index (χ4v) is 2.07. The van der Waals surface area contributed by atoms with Gasteiger partial charge in [-0.1, -0.05) is 6.92 Å². The standard InChI is InChI=1S/C12H18N2O4S/c1-3-6-13-8-12(16)14-10-7-9(19(2,17)18)4-5-11(10)15/h4-5,7,13,15H,3,6,8H2,1-2H3,(H,14,16). The second-order valence-electron chi connectivity index (χ2n) is 4.18. The zero-order valence-corrected chi connectivity index (χ0v) is 11.8. The summed E-state index contributed by atoms with van der Waals surface area (Å²) in [4.78, 5) is 11.6. The van der Waals surface area contributed by atoms with Crippen molar-refractivity contribution in [1.82, 2.24) is 5.32 Å². The molecule has 0 saturated heterocycles. The fourth-order valence-electron chi connectivity index (χ4n) is 1.42. The van der Waals surface area contributed by atoms with Gasteiger partial charge in [0.05, 0.1) is 17.1 Å². The number of amides is 1. The highest BCUT2D eigenvalue weighted by Gasteiger charge is 2.12. The minimum atomic E-state index is -3.38. The molecular weight excluding hydrogens is 268 g/mol. The van der Waals surface area contributed by atoms with E-state index in [4.69, 9.17) is 0 Å². The van der Waals surface area contributed by atoms with Crippen LogP contribution >= 0.6 is 0 Å². The number of phenols is 1. The number of sulfone groups is 1. The van der Waals surface area contributed by atoms with Gasteiger partial charge >= 0.3 is 0 Å². The highest BCUT2D eigenvalue weighted by Crippen LogP contribution is 2.26. The van der Waals surface area contributed by atoms with Crippen molar-refractivity contribution in [2.24, 2.45) is 0 Å². The molecule has 0 aliphatic rings. The average Bonchev–Trinajstić information content (AvgIpc) is 2.31.